The van der Waals surface area contributed by atoms with Crippen LogP contribution in [0.2, 0.25) is 10.0 Å². The Morgan fingerprint density at radius 2 is 1.90 bits per heavy atom. The van der Waals surface area contributed by atoms with E-state index in [2.05, 4.69) is 10.2 Å². The topological polar surface area (TPSA) is 87.5 Å². The van der Waals surface area contributed by atoms with Crippen molar-refractivity contribution in [3.63, 3.8) is 0 Å². The summed E-state index contributed by atoms with van der Waals surface area (Å²) in [6.45, 7) is 1.23. The van der Waals surface area contributed by atoms with Gasteiger partial charge in [-0.25, -0.2) is 14.2 Å². The Bertz CT molecular complexity index is 1800. The monoisotopic (exact) mass is 606 g/mol. The van der Waals surface area contributed by atoms with Gasteiger partial charge in [-0.2, -0.15) is 0 Å². The number of carboxylic acids is 1. The first-order chi connectivity index (χ1) is 19.8. The number of para-hydroxylation sites is 1. The molecule has 2 N–H and O–H groups in total. The number of aromatic carboxylic acids is 1. The standard InChI is InChI=1S/C31H25Cl2FN4O3.CH4/c32-16-9-10-19-22(13-16)36-30(41)31(19)25(17-3-1-5-20(33)26(17)34)24-23(38(31)14-15-7-8-15)11-12-37-27-18(29(39)40)4-2-6-21(27)35-28(24)37;/h1-6,9-10,13,15,23-25H,7-8,11-12,14H2,(H,36,41)(H,39,40);1H4/t23-,24+,25-,31+;/m0./s1. The molecular formula is C32H29Cl2FN4O3. The quantitative estimate of drug-likeness (QED) is 0.260. The zero-order valence-electron chi connectivity index (χ0n) is 21.8. The summed E-state index contributed by atoms with van der Waals surface area (Å²) < 4.78 is 18.1. The lowest BCUT2D eigenvalue weighted by atomic mass is 9.70. The van der Waals surface area contributed by atoms with Gasteiger partial charge in [0.1, 0.15) is 17.2 Å². The first-order valence-corrected chi connectivity index (χ1v) is 14.6. The maximum atomic E-state index is 16.2. The number of hydrogen-bond acceptors (Lipinski definition) is 4. The number of imidazole rings is 1. The summed E-state index contributed by atoms with van der Waals surface area (Å²) in [6.07, 6.45) is 2.81. The number of carboxylic acid groups (broad SMARTS) is 1. The van der Waals surface area contributed by atoms with Crippen LogP contribution in [0.4, 0.5) is 10.1 Å². The Kier molecular flexibility index (Phi) is 6.21. The molecule has 1 aromatic heterocycles. The number of aryl methyl sites for hydroxylation is 1. The molecule has 4 atom stereocenters. The molecule has 3 aromatic carbocycles. The average molecular weight is 608 g/mol. The third-order valence-electron chi connectivity index (χ3n) is 9.51. The Labute approximate surface area is 252 Å². The number of aromatic nitrogens is 2. The summed E-state index contributed by atoms with van der Waals surface area (Å²) in [5, 5.41) is 13.6. The second-order valence-corrected chi connectivity index (χ2v) is 12.5. The van der Waals surface area contributed by atoms with E-state index in [1.54, 1.807) is 36.4 Å². The highest BCUT2D eigenvalue weighted by Crippen LogP contribution is 2.64. The van der Waals surface area contributed by atoms with Gasteiger partial charge in [0, 0.05) is 47.2 Å². The van der Waals surface area contributed by atoms with Crippen molar-refractivity contribution in [3.8, 4) is 0 Å². The predicted octanol–water partition coefficient (Wildman–Crippen LogP) is 7.03. The summed E-state index contributed by atoms with van der Waals surface area (Å²) in [5.74, 6) is -1.78. The fraction of sp³-hybridized carbons (Fsp3) is 0.344. The summed E-state index contributed by atoms with van der Waals surface area (Å²) in [7, 11) is 0. The number of nitrogens with zero attached hydrogens (tertiary/aromatic N) is 3. The minimum Gasteiger partial charge on any atom is -0.478 e. The van der Waals surface area contributed by atoms with Crippen LogP contribution in [-0.4, -0.2) is 44.0 Å². The average Bonchev–Trinajstić information content (AvgIpc) is 3.53. The maximum absolute atomic E-state index is 16.2. The number of nitrogens with one attached hydrogen (secondary N) is 1. The lowest BCUT2D eigenvalue weighted by Crippen LogP contribution is -2.53. The number of rotatable bonds is 4. The van der Waals surface area contributed by atoms with Crippen molar-refractivity contribution in [2.24, 2.45) is 5.92 Å². The molecule has 3 aliphatic heterocycles. The normalized spacial score (nSPS) is 26.1. The van der Waals surface area contributed by atoms with Crippen LogP contribution in [0, 0.1) is 11.7 Å². The van der Waals surface area contributed by atoms with E-state index in [1.807, 2.05) is 16.7 Å². The molecular weight excluding hydrogens is 578 g/mol. The number of benzene rings is 3. The van der Waals surface area contributed by atoms with Crippen molar-refractivity contribution >= 4 is 51.8 Å². The van der Waals surface area contributed by atoms with Gasteiger partial charge < -0.3 is 15.0 Å². The molecule has 10 heteroatoms. The second kappa shape index (κ2) is 9.53. The van der Waals surface area contributed by atoms with E-state index in [0.29, 0.717) is 58.6 Å². The first-order valence-electron chi connectivity index (χ1n) is 13.8. The predicted molar refractivity (Wildman–Crippen MR) is 160 cm³/mol. The Hall–Kier alpha value is -3.46. The van der Waals surface area contributed by atoms with Gasteiger partial charge in [0.2, 0.25) is 5.91 Å². The molecule has 4 heterocycles. The maximum Gasteiger partial charge on any atom is 0.337 e. The van der Waals surface area contributed by atoms with Crippen molar-refractivity contribution in [1.29, 1.82) is 0 Å². The van der Waals surface area contributed by atoms with E-state index in [1.165, 1.54) is 6.07 Å². The number of hydrogen-bond donors (Lipinski definition) is 2. The molecule has 42 heavy (non-hydrogen) atoms. The van der Waals surface area contributed by atoms with E-state index in [0.717, 1.165) is 18.4 Å². The van der Waals surface area contributed by atoms with Gasteiger partial charge in [-0.1, -0.05) is 54.9 Å². The van der Waals surface area contributed by atoms with Crippen molar-refractivity contribution in [2.75, 3.05) is 11.9 Å². The lowest BCUT2D eigenvalue weighted by molar-refractivity contribution is -0.128. The van der Waals surface area contributed by atoms with Gasteiger partial charge in [-0.3, -0.25) is 9.69 Å². The summed E-state index contributed by atoms with van der Waals surface area (Å²) >= 11 is 12.7. The zero-order valence-corrected chi connectivity index (χ0v) is 23.3. The molecule has 2 fully saturated rings. The van der Waals surface area contributed by atoms with E-state index in [-0.39, 0.29) is 30.0 Å². The number of carbonyl (C=O) groups excluding carboxylic acids is 1. The molecule has 0 unspecified atom stereocenters. The fourth-order valence-corrected chi connectivity index (χ4v) is 8.17. The molecule has 7 nitrogen and oxygen atoms in total. The third kappa shape index (κ3) is 3.58. The SMILES string of the molecule is C.O=C(O)c1cccc2nc3n(c12)CC[C@H]1[C@@H]3[C@H](c2cccc(Cl)c2F)[C@]2(C(=O)Nc3cc(Cl)ccc32)N1CC1CC1. The number of anilines is 1. The zero-order chi connectivity index (χ0) is 28.2. The van der Waals surface area contributed by atoms with Crippen molar-refractivity contribution in [1.82, 2.24) is 14.5 Å². The number of fused-ring (bicyclic) bond motifs is 7. The van der Waals surface area contributed by atoms with Crippen LogP contribution >= 0.6 is 23.2 Å². The van der Waals surface area contributed by atoms with E-state index in [4.69, 9.17) is 28.2 Å². The lowest BCUT2D eigenvalue weighted by Gasteiger charge is -2.40. The van der Waals surface area contributed by atoms with Crippen molar-refractivity contribution < 1.29 is 19.1 Å². The number of likely N-dealkylation sites (tertiary alicyclic amines) is 1. The van der Waals surface area contributed by atoms with Gasteiger partial charge in [-0.05, 0) is 61.1 Å². The van der Waals surface area contributed by atoms with Gasteiger partial charge in [-0.15, -0.1) is 0 Å². The molecule has 1 spiro atoms. The van der Waals surface area contributed by atoms with Crippen LogP contribution in [0.25, 0.3) is 11.0 Å². The molecule has 4 aromatic rings. The van der Waals surface area contributed by atoms with Crippen LogP contribution in [0.3, 0.4) is 0 Å². The summed E-state index contributed by atoms with van der Waals surface area (Å²) in [6, 6.07) is 15.3. The van der Waals surface area contributed by atoms with Crippen LogP contribution in [0.5, 0.6) is 0 Å². The summed E-state index contributed by atoms with van der Waals surface area (Å²) in [4.78, 5) is 34.0. The highest BCUT2D eigenvalue weighted by molar-refractivity contribution is 6.31. The Morgan fingerprint density at radius 3 is 2.67 bits per heavy atom. The van der Waals surface area contributed by atoms with E-state index < -0.39 is 29.2 Å². The highest BCUT2D eigenvalue weighted by Gasteiger charge is 2.69. The molecule has 1 saturated heterocycles. The minimum atomic E-state index is -1.23. The van der Waals surface area contributed by atoms with Gasteiger partial charge in [0.15, 0.2) is 0 Å². The molecule has 0 bridgehead atoms. The fourth-order valence-electron chi connectivity index (χ4n) is 7.81. The smallest absolute Gasteiger partial charge is 0.337 e. The molecule has 4 aliphatic rings. The third-order valence-corrected chi connectivity index (χ3v) is 10.0. The van der Waals surface area contributed by atoms with Crippen LogP contribution in [0.15, 0.2) is 54.6 Å². The summed E-state index contributed by atoms with van der Waals surface area (Å²) in [5.41, 5.74) is 1.80. The van der Waals surface area contributed by atoms with Crippen molar-refractivity contribution in [3.05, 3.63) is 93.0 Å². The molecule has 1 amide bonds. The Balaban J connectivity index is 0.00000288. The minimum absolute atomic E-state index is 0. The van der Waals surface area contributed by atoms with Crippen molar-refractivity contribution in [2.45, 2.75) is 56.7 Å². The van der Waals surface area contributed by atoms with Gasteiger partial charge >= 0.3 is 5.97 Å². The van der Waals surface area contributed by atoms with Gasteiger partial charge in [0.25, 0.3) is 0 Å². The van der Waals surface area contributed by atoms with E-state index in [9.17, 15) is 14.7 Å². The van der Waals surface area contributed by atoms with Gasteiger partial charge in [0.05, 0.1) is 21.6 Å². The van der Waals surface area contributed by atoms with Crippen LogP contribution in [0.1, 0.15) is 65.8 Å². The molecule has 1 aliphatic carbocycles. The number of amides is 1. The number of halogens is 3. The highest BCUT2D eigenvalue weighted by atomic mass is 35.5. The first kappa shape index (κ1) is 27.4. The molecule has 8 rings (SSSR count). The molecule has 0 radical (unpaired) electrons. The van der Waals surface area contributed by atoms with Crippen LogP contribution in [-0.2, 0) is 16.9 Å². The number of carbonyl (C=O) groups is 2. The second-order valence-electron chi connectivity index (χ2n) is 11.6. The van der Waals surface area contributed by atoms with E-state index >= 15 is 4.39 Å². The largest absolute Gasteiger partial charge is 0.478 e. The molecule has 1 saturated carbocycles. The molecule has 216 valence electrons. The van der Waals surface area contributed by atoms with Crippen LogP contribution < -0.4 is 5.32 Å². The Morgan fingerprint density at radius 1 is 1.12 bits per heavy atom.